The molecule has 1 N–H and O–H groups in total. The van der Waals surface area contributed by atoms with Crippen molar-refractivity contribution in [1.29, 1.82) is 0 Å². The molecule has 0 aliphatic carbocycles. The Balaban J connectivity index is 3.39. The van der Waals surface area contributed by atoms with E-state index in [4.69, 9.17) is 5.11 Å². The molecule has 6 nitrogen and oxygen atoms in total. The third-order valence-corrected chi connectivity index (χ3v) is 4.37. The third kappa shape index (κ3) is 2.62. The standard InChI is InChI=1S/C11H16N2O4S/c1-4-13(18(16,17)12(2)3)10-8-6-5-7-9(10)11(14)15/h5-8H,4H2,1-3H3,(H,14,15). The van der Waals surface area contributed by atoms with E-state index >= 15 is 0 Å². The van der Waals surface area contributed by atoms with E-state index in [-0.39, 0.29) is 17.8 Å². The number of carbonyl (C=O) groups is 1. The molecule has 1 aromatic carbocycles. The number of hydrogen-bond acceptors (Lipinski definition) is 3. The molecule has 0 spiro atoms. The number of carboxylic acid groups (broad SMARTS) is 1. The zero-order valence-electron chi connectivity index (χ0n) is 10.5. The predicted molar refractivity (Wildman–Crippen MR) is 69.0 cm³/mol. The van der Waals surface area contributed by atoms with Gasteiger partial charge in [0.05, 0.1) is 11.3 Å². The molecule has 0 heterocycles. The van der Waals surface area contributed by atoms with Crippen molar-refractivity contribution in [3.63, 3.8) is 0 Å². The normalized spacial score (nSPS) is 11.6. The van der Waals surface area contributed by atoms with Gasteiger partial charge < -0.3 is 5.11 Å². The average Bonchev–Trinajstić information content (AvgIpc) is 2.29. The third-order valence-electron chi connectivity index (χ3n) is 2.43. The minimum atomic E-state index is -3.69. The Morgan fingerprint density at radius 1 is 1.28 bits per heavy atom. The van der Waals surface area contributed by atoms with Gasteiger partial charge in [-0.3, -0.25) is 4.31 Å². The summed E-state index contributed by atoms with van der Waals surface area (Å²) in [7, 11) is -0.887. The highest BCUT2D eigenvalue weighted by molar-refractivity contribution is 7.90. The maximum Gasteiger partial charge on any atom is 0.337 e. The monoisotopic (exact) mass is 272 g/mol. The molecule has 0 atom stereocenters. The van der Waals surface area contributed by atoms with Crippen molar-refractivity contribution < 1.29 is 18.3 Å². The summed E-state index contributed by atoms with van der Waals surface area (Å²) in [5.41, 5.74) is 0.131. The minimum absolute atomic E-state index is 0.0372. The summed E-state index contributed by atoms with van der Waals surface area (Å²) in [4.78, 5) is 11.1. The summed E-state index contributed by atoms with van der Waals surface area (Å²) in [5, 5.41) is 9.08. The van der Waals surface area contributed by atoms with Crippen LogP contribution in [0, 0.1) is 0 Å². The van der Waals surface area contributed by atoms with Crippen molar-refractivity contribution in [1.82, 2.24) is 4.31 Å². The zero-order valence-corrected chi connectivity index (χ0v) is 11.3. The number of anilines is 1. The lowest BCUT2D eigenvalue weighted by Crippen LogP contribution is -2.40. The number of carboxylic acids is 1. The average molecular weight is 272 g/mol. The lowest BCUT2D eigenvalue weighted by Gasteiger charge is -2.27. The molecule has 1 aromatic rings. The van der Waals surface area contributed by atoms with Crippen LogP contribution in [-0.4, -0.2) is 44.4 Å². The van der Waals surface area contributed by atoms with Crippen molar-refractivity contribution in [2.24, 2.45) is 0 Å². The molecular formula is C11H16N2O4S. The van der Waals surface area contributed by atoms with Gasteiger partial charge in [-0.05, 0) is 19.1 Å². The summed E-state index contributed by atoms with van der Waals surface area (Å²) in [6, 6.07) is 6.03. The summed E-state index contributed by atoms with van der Waals surface area (Å²) in [6.45, 7) is 1.81. The highest BCUT2D eigenvalue weighted by atomic mass is 32.2. The SMILES string of the molecule is CCN(c1ccccc1C(=O)O)S(=O)(=O)N(C)C. The predicted octanol–water partition coefficient (Wildman–Crippen LogP) is 1.02. The largest absolute Gasteiger partial charge is 0.478 e. The van der Waals surface area contributed by atoms with E-state index in [9.17, 15) is 13.2 Å². The van der Waals surface area contributed by atoms with Gasteiger partial charge in [0.2, 0.25) is 0 Å². The molecular weight excluding hydrogens is 256 g/mol. The quantitative estimate of drug-likeness (QED) is 0.868. The molecule has 0 saturated heterocycles. The molecule has 0 radical (unpaired) electrons. The van der Waals surface area contributed by atoms with Gasteiger partial charge in [-0.15, -0.1) is 0 Å². The number of rotatable bonds is 5. The first-order valence-electron chi connectivity index (χ1n) is 5.34. The van der Waals surface area contributed by atoms with Crippen molar-refractivity contribution in [2.75, 3.05) is 24.9 Å². The van der Waals surface area contributed by atoms with Crippen LogP contribution in [0.2, 0.25) is 0 Å². The van der Waals surface area contributed by atoms with Gasteiger partial charge in [0, 0.05) is 20.6 Å². The van der Waals surface area contributed by atoms with Crippen LogP contribution in [0.3, 0.4) is 0 Å². The number of nitrogens with zero attached hydrogens (tertiary/aromatic N) is 2. The fraction of sp³-hybridized carbons (Fsp3) is 0.364. The van der Waals surface area contributed by atoms with E-state index < -0.39 is 16.2 Å². The molecule has 0 aromatic heterocycles. The lowest BCUT2D eigenvalue weighted by atomic mass is 10.2. The number of aromatic carboxylic acids is 1. The van der Waals surface area contributed by atoms with Gasteiger partial charge in [-0.2, -0.15) is 12.7 Å². The second-order valence-electron chi connectivity index (χ2n) is 3.78. The van der Waals surface area contributed by atoms with Crippen molar-refractivity contribution >= 4 is 21.9 Å². The van der Waals surface area contributed by atoms with Crippen LogP contribution in [0.5, 0.6) is 0 Å². The van der Waals surface area contributed by atoms with Crippen LogP contribution in [0.15, 0.2) is 24.3 Å². The first-order valence-corrected chi connectivity index (χ1v) is 6.74. The molecule has 0 aliphatic rings. The van der Waals surface area contributed by atoms with Crippen LogP contribution in [0.4, 0.5) is 5.69 Å². The Bertz CT molecular complexity index is 540. The molecule has 1 rings (SSSR count). The van der Waals surface area contributed by atoms with Gasteiger partial charge in [0.1, 0.15) is 0 Å². The summed E-state index contributed by atoms with van der Waals surface area (Å²) in [6.07, 6.45) is 0. The first-order chi connectivity index (χ1) is 8.32. The highest BCUT2D eigenvalue weighted by Gasteiger charge is 2.26. The molecule has 18 heavy (non-hydrogen) atoms. The van der Waals surface area contributed by atoms with E-state index in [1.807, 2.05) is 0 Å². The van der Waals surface area contributed by atoms with E-state index in [2.05, 4.69) is 0 Å². The van der Waals surface area contributed by atoms with E-state index in [1.165, 1.54) is 26.2 Å². The van der Waals surface area contributed by atoms with Crippen LogP contribution in [0.25, 0.3) is 0 Å². The summed E-state index contributed by atoms with van der Waals surface area (Å²) >= 11 is 0. The minimum Gasteiger partial charge on any atom is -0.478 e. The van der Waals surface area contributed by atoms with Gasteiger partial charge in [0.25, 0.3) is 0 Å². The summed E-state index contributed by atoms with van der Waals surface area (Å²) < 4.78 is 26.3. The molecule has 0 saturated carbocycles. The second-order valence-corrected chi connectivity index (χ2v) is 5.84. The van der Waals surface area contributed by atoms with E-state index in [0.717, 1.165) is 8.61 Å². The Labute approximate surface area is 107 Å². The van der Waals surface area contributed by atoms with Crippen LogP contribution < -0.4 is 4.31 Å². The topological polar surface area (TPSA) is 77.9 Å². The van der Waals surface area contributed by atoms with E-state index in [1.54, 1.807) is 19.1 Å². The number of para-hydroxylation sites is 1. The molecule has 0 aliphatic heterocycles. The summed E-state index contributed by atoms with van der Waals surface area (Å²) in [5.74, 6) is -1.15. The second kappa shape index (κ2) is 5.36. The van der Waals surface area contributed by atoms with Crippen LogP contribution >= 0.6 is 0 Å². The van der Waals surface area contributed by atoms with Crippen LogP contribution in [-0.2, 0) is 10.2 Å². The smallest absolute Gasteiger partial charge is 0.337 e. The highest BCUT2D eigenvalue weighted by Crippen LogP contribution is 2.23. The molecule has 0 bridgehead atoms. The van der Waals surface area contributed by atoms with Crippen molar-refractivity contribution in [3.05, 3.63) is 29.8 Å². The fourth-order valence-electron chi connectivity index (χ4n) is 1.53. The number of hydrogen-bond donors (Lipinski definition) is 1. The van der Waals surface area contributed by atoms with E-state index in [0.29, 0.717) is 0 Å². The fourth-order valence-corrected chi connectivity index (χ4v) is 2.66. The lowest BCUT2D eigenvalue weighted by molar-refractivity contribution is 0.0698. The molecule has 0 fully saturated rings. The molecule has 0 amide bonds. The zero-order chi connectivity index (χ0) is 13.9. The maximum absolute atomic E-state index is 12.1. The number of benzene rings is 1. The Hall–Kier alpha value is -1.60. The van der Waals surface area contributed by atoms with Crippen LogP contribution in [0.1, 0.15) is 17.3 Å². The van der Waals surface area contributed by atoms with Crippen molar-refractivity contribution in [3.8, 4) is 0 Å². The molecule has 7 heteroatoms. The van der Waals surface area contributed by atoms with Gasteiger partial charge in [-0.1, -0.05) is 12.1 Å². The Kier molecular flexibility index (Phi) is 4.31. The first kappa shape index (κ1) is 14.5. The van der Waals surface area contributed by atoms with Gasteiger partial charge >= 0.3 is 16.2 Å². The van der Waals surface area contributed by atoms with Gasteiger partial charge in [0.15, 0.2) is 0 Å². The maximum atomic E-state index is 12.1. The Morgan fingerprint density at radius 2 is 1.83 bits per heavy atom. The Morgan fingerprint density at radius 3 is 2.28 bits per heavy atom. The van der Waals surface area contributed by atoms with Gasteiger partial charge in [-0.25, -0.2) is 4.79 Å². The molecule has 100 valence electrons. The molecule has 0 unspecified atom stereocenters. The van der Waals surface area contributed by atoms with Crippen molar-refractivity contribution in [2.45, 2.75) is 6.92 Å².